The first-order valence-electron chi connectivity index (χ1n) is 9.31. The minimum absolute atomic E-state index is 0.0341. The average molecular weight is 505 g/mol. The van der Waals surface area contributed by atoms with Crippen molar-refractivity contribution in [1.82, 2.24) is 5.32 Å². The molecule has 0 saturated carbocycles. The molecule has 0 fully saturated rings. The molecule has 32 heavy (non-hydrogen) atoms. The van der Waals surface area contributed by atoms with Crippen molar-refractivity contribution in [3.05, 3.63) is 68.7 Å². The zero-order chi connectivity index (χ0) is 23.7. The lowest BCUT2D eigenvalue weighted by Gasteiger charge is -2.29. The molecule has 2 aromatic rings. The normalized spacial score (nSPS) is 18.2. The predicted octanol–water partition coefficient (Wildman–Crippen LogP) is 5.46. The van der Waals surface area contributed by atoms with E-state index in [1.54, 1.807) is 6.92 Å². The Balaban J connectivity index is 1.89. The number of hydrogen-bond donors (Lipinski definition) is 2. The number of oxime groups is 1. The summed E-state index contributed by atoms with van der Waals surface area (Å²) < 4.78 is 42.3. The molecule has 1 atom stereocenters. The first kappa shape index (κ1) is 24.4. The Bertz CT molecular complexity index is 1090. The van der Waals surface area contributed by atoms with Gasteiger partial charge in [0, 0.05) is 34.0 Å². The molecule has 11 heteroatoms. The van der Waals surface area contributed by atoms with Crippen molar-refractivity contribution < 1.29 is 27.6 Å². The van der Waals surface area contributed by atoms with Crippen LogP contribution in [0, 0.1) is 6.92 Å². The molecule has 3 rings (SSSR count). The van der Waals surface area contributed by atoms with Gasteiger partial charge in [-0.3, -0.25) is 14.9 Å². The Morgan fingerprint density at radius 3 is 2.41 bits per heavy atom. The number of halogens is 5. The summed E-state index contributed by atoms with van der Waals surface area (Å²) in [5.74, 6) is -0.795. The summed E-state index contributed by atoms with van der Waals surface area (Å²) in [5, 5.41) is 6.00. The van der Waals surface area contributed by atoms with E-state index >= 15 is 0 Å². The molecule has 1 aliphatic heterocycles. The molecule has 1 N–H and O–H groups in total. The Morgan fingerprint density at radius 2 is 1.84 bits per heavy atom. The highest BCUT2D eigenvalue weighted by molar-refractivity contribution is 7.80. The van der Waals surface area contributed by atoms with E-state index in [0.717, 1.165) is 12.1 Å². The van der Waals surface area contributed by atoms with Crippen LogP contribution in [0.5, 0.6) is 0 Å². The first-order valence-corrected chi connectivity index (χ1v) is 10.7. The number of benzene rings is 2. The van der Waals surface area contributed by atoms with Crippen LogP contribution in [0.3, 0.4) is 0 Å². The Labute approximate surface area is 197 Å². The van der Waals surface area contributed by atoms with Crippen LogP contribution >= 0.6 is 35.8 Å². The van der Waals surface area contributed by atoms with Gasteiger partial charge in [-0.1, -0.05) is 34.4 Å². The monoisotopic (exact) mass is 504 g/mol. The van der Waals surface area contributed by atoms with E-state index in [9.17, 15) is 22.8 Å². The van der Waals surface area contributed by atoms with Gasteiger partial charge in [0.25, 0.3) is 11.5 Å². The molecule has 0 unspecified atom stereocenters. The molecule has 0 spiro atoms. The van der Waals surface area contributed by atoms with E-state index < -0.39 is 30.0 Å². The minimum atomic E-state index is -4.81. The summed E-state index contributed by atoms with van der Waals surface area (Å²) in [6.07, 6.45) is -5.35. The van der Waals surface area contributed by atoms with Crippen molar-refractivity contribution >= 4 is 53.4 Å². The maximum Gasteiger partial charge on any atom is 0.435 e. The molecular weight excluding hydrogens is 488 g/mol. The van der Waals surface area contributed by atoms with Gasteiger partial charge < -0.3 is 4.84 Å². The second-order valence-corrected chi connectivity index (χ2v) is 8.49. The van der Waals surface area contributed by atoms with E-state index in [0.29, 0.717) is 11.1 Å². The fourth-order valence-electron chi connectivity index (χ4n) is 3.30. The lowest BCUT2D eigenvalue weighted by atomic mass is 9.86. The predicted molar refractivity (Wildman–Crippen MR) is 119 cm³/mol. The standard InChI is InChI=1S/C21H17Cl2F3N2O3S/c1-11-6-12(2-3-16(11)19(30)27-18(29)4-5-32)17-10-20(31-28-17,21(24,25)26)13-7-14(22)9-15(23)8-13/h2-3,6-9,32H,4-5,10H2,1H3,(H,27,29,30)/t20-/m0/s1. The van der Waals surface area contributed by atoms with Gasteiger partial charge in [-0.25, -0.2) is 0 Å². The number of aryl methyl sites for hydroxylation is 1. The first-order chi connectivity index (χ1) is 15.0. The van der Waals surface area contributed by atoms with Crippen LogP contribution in [0.2, 0.25) is 10.0 Å². The molecule has 5 nitrogen and oxygen atoms in total. The highest BCUT2D eigenvalue weighted by Crippen LogP contribution is 2.49. The third-order valence-corrected chi connectivity index (χ3v) is 5.57. The fourth-order valence-corrected chi connectivity index (χ4v) is 4.03. The third-order valence-electron chi connectivity index (χ3n) is 4.91. The highest BCUT2D eigenvalue weighted by Gasteiger charge is 2.62. The van der Waals surface area contributed by atoms with Crippen molar-refractivity contribution in [2.24, 2.45) is 5.16 Å². The van der Waals surface area contributed by atoms with Crippen LogP contribution < -0.4 is 5.32 Å². The number of thiol groups is 1. The van der Waals surface area contributed by atoms with Crippen molar-refractivity contribution in [3.8, 4) is 0 Å². The van der Waals surface area contributed by atoms with Crippen LogP contribution in [-0.2, 0) is 15.2 Å². The summed E-state index contributed by atoms with van der Waals surface area (Å²) in [6, 6.07) is 7.98. The number of alkyl halides is 3. The lowest BCUT2D eigenvalue weighted by Crippen LogP contribution is -2.42. The van der Waals surface area contributed by atoms with Gasteiger partial charge in [0.2, 0.25) is 5.91 Å². The Hall–Kier alpha value is -2.23. The van der Waals surface area contributed by atoms with Crippen LogP contribution in [0.25, 0.3) is 0 Å². The van der Waals surface area contributed by atoms with Crippen molar-refractivity contribution in [3.63, 3.8) is 0 Å². The number of rotatable bonds is 5. The molecule has 0 saturated heterocycles. The summed E-state index contributed by atoms with van der Waals surface area (Å²) >= 11 is 15.7. The molecule has 0 bridgehead atoms. The minimum Gasteiger partial charge on any atom is -0.374 e. The highest BCUT2D eigenvalue weighted by atomic mass is 35.5. The average Bonchev–Trinajstić information content (AvgIpc) is 3.14. The summed E-state index contributed by atoms with van der Waals surface area (Å²) in [7, 11) is 0. The second-order valence-electron chi connectivity index (χ2n) is 7.17. The number of nitrogens with one attached hydrogen (secondary N) is 1. The molecule has 1 aliphatic rings. The van der Waals surface area contributed by atoms with Gasteiger partial charge >= 0.3 is 6.18 Å². The van der Waals surface area contributed by atoms with Gasteiger partial charge in [-0.05, 0) is 54.1 Å². The Morgan fingerprint density at radius 1 is 1.19 bits per heavy atom. The molecule has 0 radical (unpaired) electrons. The van der Waals surface area contributed by atoms with Crippen molar-refractivity contribution in [2.45, 2.75) is 31.5 Å². The topological polar surface area (TPSA) is 67.8 Å². The molecule has 0 aliphatic carbocycles. The van der Waals surface area contributed by atoms with Crippen molar-refractivity contribution in [2.75, 3.05) is 5.75 Å². The van der Waals surface area contributed by atoms with Crippen LogP contribution in [0.4, 0.5) is 13.2 Å². The number of imide groups is 1. The van der Waals surface area contributed by atoms with Gasteiger partial charge in [0.15, 0.2) is 0 Å². The molecule has 1 heterocycles. The summed E-state index contributed by atoms with van der Waals surface area (Å²) in [4.78, 5) is 28.9. The van der Waals surface area contributed by atoms with Crippen LogP contribution in [0.1, 0.15) is 39.9 Å². The zero-order valence-electron chi connectivity index (χ0n) is 16.6. The van der Waals surface area contributed by atoms with E-state index in [4.69, 9.17) is 28.0 Å². The molecule has 170 valence electrons. The molecule has 2 aromatic carbocycles. The number of carbonyl (C=O) groups excluding carboxylic acids is 2. The lowest BCUT2D eigenvalue weighted by molar-refractivity contribution is -0.275. The van der Waals surface area contributed by atoms with E-state index in [1.807, 2.05) is 0 Å². The van der Waals surface area contributed by atoms with E-state index in [1.165, 1.54) is 24.3 Å². The van der Waals surface area contributed by atoms with Gasteiger partial charge in [-0.2, -0.15) is 25.8 Å². The van der Waals surface area contributed by atoms with E-state index in [2.05, 4.69) is 23.1 Å². The summed E-state index contributed by atoms with van der Waals surface area (Å²) in [5.41, 5.74) is -1.96. The summed E-state index contributed by atoms with van der Waals surface area (Å²) in [6.45, 7) is 1.60. The number of hydrogen-bond acceptors (Lipinski definition) is 5. The van der Waals surface area contributed by atoms with Crippen LogP contribution in [-0.4, -0.2) is 29.5 Å². The van der Waals surface area contributed by atoms with Crippen LogP contribution in [0.15, 0.2) is 41.6 Å². The van der Waals surface area contributed by atoms with Gasteiger partial charge in [-0.15, -0.1) is 0 Å². The smallest absolute Gasteiger partial charge is 0.374 e. The fraction of sp³-hybridized carbons (Fsp3) is 0.286. The maximum atomic E-state index is 14.1. The Kier molecular flexibility index (Phi) is 7.12. The van der Waals surface area contributed by atoms with Gasteiger partial charge in [0.1, 0.15) is 0 Å². The third kappa shape index (κ3) is 4.89. The molecular formula is C21H17Cl2F3N2O3S. The number of nitrogens with zero attached hydrogens (tertiary/aromatic N) is 1. The largest absolute Gasteiger partial charge is 0.435 e. The zero-order valence-corrected chi connectivity index (χ0v) is 19.0. The van der Waals surface area contributed by atoms with Gasteiger partial charge in [0.05, 0.1) is 5.71 Å². The van der Waals surface area contributed by atoms with E-state index in [-0.39, 0.29) is 39.1 Å². The van der Waals surface area contributed by atoms with Crippen molar-refractivity contribution in [1.29, 1.82) is 0 Å². The quantitative estimate of drug-likeness (QED) is 0.531. The molecule has 2 amide bonds. The molecule has 0 aromatic heterocycles. The SMILES string of the molecule is Cc1cc(C2=NO[C@@](c3cc(Cl)cc(Cl)c3)(C(F)(F)F)C2)ccc1C(=O)NC(=O)CCS. The second kappa shape index (κ2) is 9.33. The maximum absolute atomic E-state index is 14.1. The number of amides is 2. The number of carbonyl (C=O) groups is 2.